The first-order chi connectivity index (χ1) is 9.83. The van der Waals surface area contributed by atoms with Crippen molar-refractivity contribution in [3.63, 3.8) is 0 Å². The van der Waals surface area contributed by atoms with Crippen LogP contribution in [0.15, 0.2) is 24.8 Å². The fraction of sp³-hybridized carbons (Fsp3) is 0.538. The summed E-state index contributed by atoms with van der Waals surface area (Å²) in [6.45, 7) is 8.35. The normalized spacial score (nSPS) is 13.0. The molecule has 0 aromatic heterocycles. The highest BCUT2D eigenvalue weighted by Crippen LogP contribution is 2.22. The molecule has 8 heteroatoms. The second-order valence-corrected chi connectivity index (χ2v) is 5.69. The Bertz CT molecular complexity index is 390. The number of carbonyl (C=O) groups is 2. The van der Waals surface area contributed by atoms with Gasteiger partial charge in [-0.05, 0) is 6.92 Å². The molecule has 0 aliphatic carbocycles. The van der Waals surface area contributed by atoms with E-state index in [4.69, 9.17) is 23.4 Å². The molecule has 0 fully saturated rings. The highest BCUT2D eigenvalue weighted by Gasteiger charge is 2.38. The van der Waals surface area contributed by atoms with E-state index in [2.05, 4.69) is 13.2 Å². The second kappa shape index (κ2) is 9.45. The molecule has 0 spiro atoms. The zero-order valence-electron chi connectivity index (χ0n) is 12.8. The van der Waals surface area contributed by atoms with Crippen molar-refractivity contribution in [1.82, 2.24) is 0 Å². The van der Waals surface area contributed by atoms with E-state index in [1.165, 1.54) is 21.3 Å². The lowest BCUT2D eigenvalue weighted by Crippen LogP contribution is -2.44. The van der Waals surface area contributed by atoms with Crippen molar-refractivity contribution in [2.45, 2.75) is 25.0 Å². The highest BCUT2D eigenvalue weighted by molar-refractivity contribution is 6.33. The molecule has 1 atom stereocenters. The molecule has 0 aromatic rings. The van der Waals surface area contributed by atoms with Gasteiger partial charge in [0.25, 0.3) is 9.76 Å². The number of methoxy groups -OCH3 is 3. The summed E-state index contributed by atoms with van der Waals surface area (Å²) in [5.74, 6) is -2.80. The Morgan fingerprint density at radius 3 is 2.24 bits per heavy atom. The summed E-state index contributed by atoms with van der Waals surface area (Å²) in [6.07, 6.45) is 1.05. The van der Waals surface area contributed by atoms with Gasteiger partial charge in [-0.2, -0.15) is 0 Å². The topological polar surface area (TPSA) is 80.3 Å². The molecule has 0 amide bonds. The van der Waals surface area contributed by atoms with Crippen LogP contribution in [-0.4, -0.2) is 54.7 Å². The molecule has 0 aliphatic heterocycles. The maximum absolute atomic E-state index is 11.4. The lowest BCUT2D eigenvalue weighted by atomic mass is 10.3. The summed E-state index contributed by atoms with van der Waals surface area (Å²) in [6, 6.07) is 0. The predicted molar refractivity (Wildman–Crippen MR) is 77.9 cm³/mol. The first-order valence-corrected chi connectivity index (χ1v) is 7.54. The van der Waals surface area contributed by atoms with Gasteiger partial charge in [0.15, 0.2) is 0 Å². The van der Waals surface area contributed by atoms with Crippen LogP contribution in [-0.2, 0) is 33.0 Å². The molecular formula is C13H22O7Si. The van der Waals surface area contributed by atoms with Crippen LogP contribution in [0.5, 0.6) is 0 Å². The molecule has 0 radical (unpaired) electrons. The van der Waals surface area contributed by atoms with Crippen molar-refractivity contribution in [1.29, 1.82) is 0 Å². The van der Waals surface area contributed by atoms with E-state index in [1.54, 1.807) is 6.92 Å². The first-order valence-electron chi connectivity index (χ1n) is 6.15. The monoisotopic (exact) mass is 318 g/mol. The van der Waals surface area contributed by atoms with Gasteiger partial charge in [0.1, 0.15) is 0 Å². The smallest absolute Gasteiger partial charge is 0.334 e. The van der Waals surface area contributed by atoms with Gasteiger partial charge in [-0.25, -0.2) is 9.59 Å². The summed E-state index contributed by atoms with van der Waals surface area (Å²) < 4.78 is 25.6. The molecule has 0 saturated heterocycles. The Labute approximate surface area is 126 Å². The van der Waals surface area contributed by atoms with E-state index in [9.17, 15) is 9.59 Å². The summed E-state index contributed by atoms with van der Waals surface area (Å²) in [5.41, 5.74) is -0.161. The van der Waals surface area contributed by atoms with Gasteiger partial charge < -0.3 is 23.4 Å². The lowest BCUT2D eigenvalue weighted by molar-refractivity contribution is -0.349. The average Bonchev–Trinajstić information content (AvgIpc) is 2.49. The highest BCUT2D eigenvalue weighted by atomic mass is 28.2. The Morgan fingerprint density at radius 1 is 1.29 bits per heavy atom. The van der Waals surface area contributed by atoms with E-state index in [-0.39, 0.29) is 6.42 Å². The maximum Gasteiger partial charge on any atom is 0.334 e. The van der Waals surface area contributed by atoms with Crippen molar-refractivity contribution in [2.24, 2.45) is 0 Å². The third-order valence-corrected chi connectivity index (χ3v) is 4.03. The third-order valence-electron chi connectivity index (χ3n) is 2.60. The number of ether oxygens (including phenoxy) is 4. The van der Waals surface area contributed by atoms with Gasteiger partial charge in [-0.15, -0.1) is 0 Å². The summed E-state index contributed by atoms with van der Waals surface area (Å²) in [5, 5.41) is 0. The molecule has 0 N–H and O–H groups in total. The molecular weight excluding hydrogens is 296 g/mol. The Morgan fingerprint density at radius 2 is 1.86 bits per heavy atom. The SMILES string of the molecule is C=CC(=O)OC(CC(OC)[SiH2]OC(=O)C(=C)C)(OC)OC. The van der Waals surface area contributed by atoms with Crippen LogP contribution in [0.4, 0.5) is 0 Å². The van der Waals surface area contributed by atoms with Gasteiger partial charge in [0, 0.05) is 33.0 Å². The molecule has 0 rings (SSSR count). The van der Waals surface area contributed by atoms with Gasteiger partial charge in [-0.3, -0.25) is 0 Å². The van der Waals surface area contributed by atoms with E-state index in [0.29, 0.717) is 5.57 Å². The molecule has 0 aliphatic rings. The Hall–Kier alpha value is -1.48. The van der Waals surface area contributed by atoms with Crippen LogP contribution in [0, 0.1) is 0 Å². The van der Waals surface area contributed by atoms with E-state index in [1.807, 2.05) is 0 Å². The van der Waals surface area contributed by atoms with Crippen LogP contribution in [0.3, 0.4) is 0 Å². The molecule has 21 heavy (non-hydrogen) atoms. The second-order valence-electron chi connectivity index (χ2n) is 4.16. The minimum Gasteiger partial charge on any atom is -0.519 e. The number of esters is 1. The van der Waals surface area contributed by atoms with Crippen molar-refractivity contribution in [2.75, 3.05) is 21.3 Å². The van der Waals surface area contributed by atoms with Gasteiger partial charge >= 0.3 is 17.9 Å². The van der Waals surface area contributed by atoms with Crippen LogP contribution < -0.4 is 0 Å². The number of carbonyl (C=O) groups excluding carboxylic acids is 2. The minimum absolute atomic E-state index is 0.0613. The molecule has 0 heterocycles. The minimum atomic E-state index is -1.62. The standard InChI is InChI=1S/C13H22O7Si/c1-7-10(14)19-13(17-5,18-6)8-11(16-4)21-20-12(15)9(2)3/h7,11H,1-2,8,21H2,3-6H3. The van der Waals surface area contributed by atoms with E-state index >= 15 is 0 Å². The van der Waals surface area contributed by atoms with E-state index < -0.39 is 33.4 Å². The fourth-order valence-corrected chi connectivity index (χ4v) is 2.54. The van der Waals surface area contributed by atoms with Crippen LogP contribution in [0.2, 0.25) is 0 Å². The molecule has 1 unspecified atom stereocenters. The first kappa shape index (κ1) is 19.5. The average molecular weight is 318 g/mol. The van der Waals surface area contributed by atoms with Crippen molar-refractivity contribution < 1.29 is 33.0 Å². The summed E-state index contributed by atoms with van der Waals surface area (Å²) >= 11 is 0. The van der Waals surface area contributed by atoms with Crippen LogP contribution in [0.25, 0.3) is 0 Å². The molecule has 120 valence electrons. The molecule has 0 bridgehead atoms. The zero-order valence-corrected chi connectivity index (χ0v) is 14.3. The van der Waals surface area contributed by atoms with Gasteiger partial charge in [-0.1, -0.05) is 13.2 Å². The Kier molecular flexibility index (Phi) is 8.79. The van der Waals surface area contributed by atoms with Crippen LogP contribution in [0.1, 0.15) is 13.3 Å². The van der Waals surface area contributed by atoms with Gasteiger partial charge in [0.2, 0.25) is 0 Å². The number of rotatable bonds is 10. The maximum atomic E-state index is 11.4. The zero-order chi connectivity index (χ0) is 16.5. The summed E-state index contributed by atoms with van der Waals surface area (Å²) in [7, 11) is 2.70. The Balaban J connectivity index is 4.78. The molecule has 7 nitrogen and oxygen atoms in total. The summed E-state index contributed by atoms with van der Waals surface area (Å²) in [4.78, 5) is 22.7. The molecule has 0 aromatic carbocycles. The quantitative estimate of drug-likeness (QED) is 0.247. The third kappa shape index (κ3) is 6.67. The van der Waals surface area contributed by atoms with Crippen molar-refractivity contribution in [3.05, 3.63) is 24.8 Å². The lowest BCUT2D eigenvalue weighted by Gasteiger charge is -2.31. The molecule has 0 saturated carbocycles. The van der Waals surface area contributed by atoms with E-state index in [0.717, 1.165) is 6.08 Å². The van der Waals surface area contributed by atoms with Crippen molar-refractivity contribution >= 4 is 21.7 Å². The van der Waals surface area contributed by atoms with Gasteiger partial charge in [0.05, 0.1) is 12.1 Å². The van der Waals surface area contributed by atoms with Crippen LogP contribution >= 0.6 is 0 Å². The number of hydrogen-bond acceptors (Lipinski definition) is 7. The largest absolute Gasteiger partial charge is 0.519 e. The fourth-order valence-electron chi connectivity index (χ4n) is 1.35. The predicted octanol–water partition coefficient (Wildman–Crippen LogP) is 0.228. The van der Waals surface area contributed by atoms with Crippen molar-refractivity contribution in [3.8, 4) is 0 Å². The number of hydrogen-bond donors (Lipinski definition) is 0.